The molecular weight excluding hydrogens is 388 g/mol. The first-order chi connectivity index (χ1) is 13.9. The van der Waals surface area contributed by atoms with Crippen LogP contribution in [0.3, 0.4) is 0 Å². The van der Waals surface area contributed by atoms with Gasteiger partial charge in [-0.1, -0.05) is 33.8 Å². The van der Waals surface area contributed by atoms with E-state index >= 15 is 0 Å². The Morgan fingerprint density at radius 1 is 1.27 bits per heavy atom. The van der Waals surface area contributed by atoms with Crippen molar-refractivity contribution in [1.29, 1.82) is 0 Å². The third-order valence-corrected chi connectivity index (χ3v) is 9.09. The van der Waals surface area contributed by atoms with Crippen LogP contribution in [0.1, 0.15) is 48.0 Å². The number of esters is 1. The summed E-state index contributed by atoms with van der Waals surface area (Å²) in [5.74, 6) is -1.56. The number of aliphatic hydroxyl groups excluding tert-OH is 1. The molecule has 1 saturated heterocycles. The zero-order chi connectivity index (χ0) is 22.0. The zero-order valence-electron chi connectivity index (χ0n) is 18.3. The van der Waals surface area contributed by atoms with E-state index in [4.69, 9.17) is 14.2 Å². The van der Waals surface area contributed by atoms with Gasteiger partial charge < -0.3 is 19.3 Å². The molecule has 1 heterocycles. The van der Waals surface area contributed by atoms with Crippen molar-refractivity contribution >= 4 is 17.9 Å². The van der Waals surface area contributed by atoms with Crippen molar-refractivity contribution in [2.75, 3.05) is 0 Å². The van der Waals surface area contributed by atoms with E-state index in [-0.39, 0.29) is 23.0 Å². The van der Waals surface area contributed by atoms with Gasteiger partial charge in [-0.05, 0) is 42.1 Å². The summed E-state index contributed by atoms with van der Waals surface area (Å²) >= 11 is 0. The normalized spacial score (nSPS) is 52.6. The van der Waals surface area contributed by atoms with Crippen LogP contribution in [0.25, 0.3) is 0 Å². The average Bonchev–Trinajstić information content (AvgIpc) is 2.94. The van der Waals surface area contributed by atoms with Crippen LogP contribution >= 0.6 is 0 Å². The molecular formula is C23H30O7. The summed E-state index contributed by atoms with van der Waals surface area (Å²) in [6, 6.07) is 0. The highest BCUT2D eigenvalue weighted by molar-refractivity contribution is 5.95. The van der Waals surface area contributed by atoms with Crippen molar-refractivity contribution in [2.45, 2.75) is 71.9 Å². The lowest BCUT2D eigenvalue weighted by Crippen LogP contribution is -2.65. The molecule has 5 aliphatic rings. The Balaban J connectivity index is 1.79. The number of carbonyl (C=O) groups is 3. The van der Waals surface area contributed by atoms with E-state index in [0.717, 1.165) is 6.42 Å². The van der Waals surface area contributed by atoms with Crippen LogP contribution in [0.2, 0.25) is 0 Å². The predicted octanol–water partition coefficient (Wildman–Crippen LogP) is 2.65. The van der Waals surface area contributed by atoms with Crippen LogP contribution in [0.5, 0.6) is 0 Å². The first-order valence-electron chi connectivity index (χ1n) is 10.9. The predicted molar refractivity (Wildman–Crippen MR) is 104 cm³/mol. The highest BCUT2D eigenvalue weighted by atomic mass is 16.8. The Hall–Kier alpha value is -1.89. The largest absolute Gasteiger partial charge is 0.509 e. The van der Waals surface area contributed by atoms with E-state index in [1.807, 2.05) is 13.0 Å². The highest BCUT2D eigenvalue weighted by Gasteiger charge is 2.83. The van der Waals surface area contributed by atoms with Gasteiger partial charge in [0.1, 0.15) is 0 Å². The number of ketones is 1. The Morgan fingerprint density at radius 3 is 2.57 bits per heavy atom. The van der Waals surface area contributed by atoms with Crippen LogP contribution in [0.4, 0.5) is 4.79 Å². The summed E-state index contributed by atoms with van der Waals surface area (Å²) in [6.07, 6.45) is -1.04. The van der Waals surface area contributed by atoms with Crippen molar-refractivity contribution in [3.8, 4) is 0 Å². The van der Waals surface area contributed by atoms with Gasteiger partial charge in [-0.3, -0.25) is 9.59 Å². The Bertz CT molecular complexity index is 890. The lowest BCUT2D eigenvalue weighted by Gasteiger charge is -2.47. The van der Waals surface area contributed by atoms with Crippen LogP contribution < -0.4 is 0 Å². The fraction of sp³-hybridized carbons (Fsp3) is 0.783. The van der Waals surface area contributed by atoms with Crippen LogP contribution in [0, 0.1) is 40.4 Å². The van der Waals surface area contributed by atoms with Crippen molar-refractivity contribution in [3.63, 3.8) is 0 Å². The molecule has 4 fully saturated rings. The van der Waals surface area contributed by atoms with Gasteiger partial charge in [0.15, 0.2) is 18.0 Å². The van der Waals surface area contributed by atoms with Gasteiger partial charge in [-0.25, -0.2) is 4.79 Å². The molecule has 7 nitrogen and oxygen atoms in total. The number of carbonyl (C=O) groups excluding carboxylic acids is 3. The van der Waals surface area contributed by atoms with Crippen molar-refractivity contribution < 1.29 is 33.7 Å². The van der Waals surface area contributed by atoms with Gasteiger partial charge in [0.05, 0.1) is 11.5 Å². The molecule has 1 aliphatic heterocycles. The monoisotopic (exact) mass is 418 g/mol. The minimum atomic E-state index is -1.49. The minimum absolute atomic E-state index is 0.0340. The second-order valence-corrected chi connectivity index (χ2v) is 10.8. The molecule has 2 unspecified atom stereocenters. The van der Waals surface area contributed by atoms with Gasteiger partial charge >= 0.3 is 12.1 Å². The van der Waals surface area contributed by atoms with E-state index in [2.05, 4.69) is 13.8 Å². The summed E-state index contributed by atoms with van der Waals surface area (Å²) in [5, 5.41) is 11.4. The molecule has 0 radical (unpaired) electrons. The van der Waals surface area contributed by atoms with E-state index in [1.54, 1.807) is 13.8 Å². The molecule has 0 aromatic heterocycles. The number of hydrogen-bond acceptors (Lipinski definition) is 7. The lowest BCUT2D eigenvalue weighted by molar-refractivity contribution is -0.181. The van der Waals surface area contributed by atoms with Crippen LogP contribution in [-0.2, 0) is 23.8 Å². The second kappa shape index (κ2) is 5.67. The average molecular weight is 418 g/mol. The number of Topliss-reactive ketones (excluding diaryl/α,β-unsaturated/α-hetero) is 1. The standard InChI is InChI=1S/C23H30O7/c1-9-8-22-10(2)7-13-15(21(13,5)6)14(17(22)26)16(25)11(3)19-23(22,30-20(27)29-19)18(9)28-12(4)24/h8,10-11,13-16,18-19,25H,7H2,1-6H3/t10-,11+,13?,14-,15-,16-,18?,19-,22+,23-/m1/s1. The molecule has 5 rings (SSSR count). The van der Waals surface area contributed by atoms with Crippen LogP contribution in [0.15, 0.2) is 11.6 Å². The molecule has 7 heteroatoms. The quantitative estimate of drug-likeness (QED) is 0.516. The molecule has 0 amide bonds. The van der Waals surface area contributed by atoms with Gasteiger partial charge in [-0.2, -0.15) is 0 Å². The smallest absolute Gasteiger partial charge is 0.454 e. The zero-order valence-corrected chi connectivity index (χ0v) is 18.3. The molecule has 3 saturated carbocycles. The summed E-state index contributed by atoms with van der Waals surface area (Å²) in [5.41, 5.74) is -2.04. The Morgan fingerprint density at radius 2 is 1.93 bits per heavy atom. The van der Waals surface area contributed by atoms with Gasteiger partial charge in [0.25, 0.3) is 0 Å². The van der Waals surface area contributed by atoms with Crippen LogP contribution in [-0.4, -0.2) is 46.9 Å². The van der Waals surface area contributed by atoms with Gasteiger partial charge in [0, 0.05) is 18.8 Å². The molecule has 2 bridgehead atoms. The fourth-order valence-electron chi connectivity index (χ4n) is 7.74. The molecule has 30 heavy (non-hydrogen) atoms. The highest BCUT2D eigenvalue weighted by Crippen LogP contribution is 2.73. The topological polar surface area (TPSA) is 99.1 Å². The molecule has 10 atom stereocenters. The second-order valence-electron chi connectivity index (χ2n) is 10.8. The summed E-state index contributed by atoms with van der Waals surface area (Å²) in [6.45, 7) is 11.2. The number of ether oxygens (including phenoxy) is 3. The first kappa shape index (κ1) is 20.0. The molecule has 2 spiro atoms. The third kappa shape index (κ3) is 1.98. The maximum absolute atomic E-state index is 14.4. The van der Waals surface area contributed by atoms with Crippen molar-refractivity contribution in [2.24, 2.45) is 40.4 Å². The van der Waals surface area contributed by atoms with Crippen molar-refractivity contribution in [1.82, 2.24) is 0 Å². The molecule has 164 valence electrons. The minimum Gasteiger partial charge on any atom is -0.454 e. The number of fused-ring (bicyclic) bond motifs is 3. The lowest BCUT2D eigenvalue weighted by atomic mass is 9.59. The van der Waals surface area contributed by atoms with E-state index < -0.39 is 53.3 Å². The molecule has 0 aromatic carbocycles. The van der Waals surface area contributed by atoms with Gasteiger partial charge in [0.2, 0.25) is 5.60 Å². The summed E-state index contributed by atoms with van der Waals surface area (Å²) in [7, 11) is 0. The Kier molecular flexibility index (Phi) is 3.78. The molecule has 4 aliphatic carbocycles. The van der Waals surface area contributed by atoms with E-state index in [0.29, 0.717) is 11.5 Å². The summed E-state index contributed by atoms with van der Waals surface area (Å²) < 4.78 is 17.2. The van der Waals surface area contributed by atoms with E-state index in [1.165, 1.54) is 6.92 Å². The van der Waals surface area contributed by atoms with Gasteiger partial charge in [-0.15, -0.1) is 0 Å². The summed E-state index contributed by atoms with van der Waals surface area (Å²) in [4.78, 5) is 38.9. The Labute approximate surface area is 176 Å². The van der Waals surface area contributed by atoms with Crippen molar-refractivity contribution in [3.05, 3.63) is 11.6 Å². The fourth-order valence-corrected chi connectivity index (χ4v) is 7.74. The third-order valence-electron chi connectivity index (χ3n) is 9.09. The number of rotatable bonds is 1. The maximum atomic E-state index is 14.4. The number of aliphatic hydroxyl groups is 1. The van der Waals surface area contributed by atoms with E-state index in [9.17, 15) is 19.5 Å². The number of hydrogen-bond donors (Lipinski definition) is 1. The molecule has 1 N–H and O–H groups in total. The SMILES string of the molecule is CC(=O)OC1C(C)=C[C@]23C(=O)[C@@H]([C@H](O)[C@H](C)[C@H]4OC(=O)O[C@]142)[C@H]1C(C[C@H]3C)C1(C)C. The molecule has 0 aromatic rings. The maximum Gasteiger partial charge on any atom is 0.509 e. The first-order valence-corrected chi connectivity index (χ1v) is 10.9.